The molecule has 1 fully saturated rings. The van der Waals surface area contributed by atoms with Gasteiger partial charge in [0.25, 0.3) is 0 Å². The number of nitrogens with zero attached hydrogens (tertiary/aromatic N) is 6. The maximum Gasteiger partial charge on any atom is 0.242 e. The van der Waals surface area contributed by atoms with Crippen LogP contribution >= 0.6 is 0 Å². The zero-order chi connectivity index (χ0) is 17.8. The second-order valence-electron chi connectivity index (χ2n) is 6.29. The lowest BCUT2D eigenvalue weighted by Crippen LogP contribution is -2.45. The Balaban J connectivity index is 1.73. The summed E-state index contributed by atoms with van der Waals surface area (Å²) in [5.41, 5.74) is 1.74. The molecule has 9 heteroatoms. The predicted octanol–water partition coefficient (Wildman–Crippen LogP) is 0.441. The Bertz CT molecular complexity index is 713. The number of piperazine rings is 1. The highest BCUT2D eigenvalue weighted by Gasteiger charge is 2.21. The SMILES string of the molecule is CC(NC(=O)Cn1cnnn1)c1cc(F)ccc1N1CCN(C)CC1. The summed E-state index contributed by atoms with van der Waals surface area (Å²) in [5.74, 6) is -0.539. The fraction of sp³-hybridized carbons (Fsp3) is 0.500. The van der Waals surface area contributed by atoms with Crippen molar-refractivity contribution in [2.75, 3.05) is 38.1 Å². The van der Waals surface area contributed by atoms with Crippen LogP contribution in [0.15, 0.2) is 24.5 Å². The minimum absolute atomic E-state index is 0.0243. The van der Waals surface area contributed by atoms with Gasteiger partial charge >= 0.3 is 0 Å². The molecular formula is C16H22FN7O. The third-order valence-electron chi connectivity index (χ3n) is 4.37. The number of aromatic nitrogens is 4. The minimum Gasteiger partial charge on any atom is -0.369 e. The van der Waals surface area contributed by atoms with E-state index in [9.17, 15) is 9.18 Å². The number of benzene rings is 1. The molecule has 134 valence electrons. The van der Waals surface area contributed by atoms with Crippen LogP contribution in [-0.2, 0) is 11.3 Å². The van der Waals surface area contributed by atoms with Gasteiger partial charge in [-0.25, -0.2) is 9.07 Å². The molecule has 1 N–H and O–H groups in total. The number of tetrazole rings is 1. The first kappa shape index (κ1) is 17.3. The Labute approximate surface area is 145 Å². The molecule has 1 saturated heterocycles. The first-order valence-electron chi connectivity index (χ1n) is 8.26. The van der Waals surface area contributed by atoms with Crippen molar-refractivity contribution in [2.45, 2.75) is 19.5 Å². The van der Waals surface area contributed by atoms with Gasteiger partial charge in [0.15, 0.2) is 0 Å². The molecular weight excluding hydrogens is 325 g/mol. The maximum absolute atomic E-state index is 13.8. The van der Waals surface area contributed by atoms with Gasteiger partial charge in [-0.1, -0.05) is 0 Å². The molecule has 25 heavy (non-hydrogen) atoms. The molecule has 1 aromatic heterocycles. The zero-order valence-corrected chi connectivity index (χ0v) is 14.4. The van der Waals surface area contributed by atoms with E-state index in [1.807, 2.05) is 6.92 Å². The average molecular weight is 347 g/mol. The van der Waals surface area contributed by atoms with E-state index < -0.39 is 0 Å². The number of halogens is 1. The summed E-state index contributed by atoms with van der Waals surface area (Å²) in [6.07, 6.45) is 1.38. The number of anilines is 1. The van der Waals surface area contributed by atoms with Gasteiger partial charge in [-0.05, 0) is 42.6 Å². The van der Waals surface area contributed by atoms with E-state index in [4.69, 9.17) is 0 Å². The zero-order valence-electron chi connectivity index (χ0n) is 14.4. The number of hydrogen-bond acceptors (Lipinski definition) is 6. The molecule has 1 atom stereocenters. The van der Waals surface area contributed by atoms with Crippen LogP contribution in [0.25, 0.3) is 0 Å². The minimum atomic E-state index is -0.325. The molecule has 1 aliphatic rings. The van der Waals surface area contributed by atoms with E-state index in [0.29, 0.717) is 0 Å². The molecule has 0 aliphatic carbocycles. The molecule has 0 radical (unpaired) electrons. The first-order chi connectivity index (χ1) is 12.0. The molecule has 2 aromatic rings. The molecule has 1 unspecified atom stereocenters. The lowest BCUT2D eigenvalue weighted by molar-refractivity contribution is -0.122. The Hall–Kier alpha value is -2.55. The summed E-state index contributed by atoms with van der Waals surface area (Å²) < 4.78 is 15.2. The summed E-state index contributed by atoms with van der Waals surface area (Å²) in [6, 6.07) is 4.43. The predicted molar refractivity (Wildman–Crippen MR) is 90.5 cm³/mol. The number of hydrogen-bond donors (Lipinski definition) is 1. The highest BCUT2D eigenvalue weighted by atomic mass is 19.1. The second-order valence-corrected chi connectivity index (χ2v) is 6.29. The Morgan fingerprint density at radius 1 is 1.32 bits per heavy atom. The molecule has 8 nitrogen and oxygen atoms in total. The first-order valence-corrected chi connectivity index (χ1v) is 8.26. The van der Waals surface area contributed by atoms with Gasteiger partial charge in [-0.2, -0.15) is 0 Å². The molecule has 1 aromatic carbocycles. The van der Waals surface area contributed by atoms with E-state index in [-0.39, 0.29) is 24.3 Å². The topological polar surface area (TPSA) is 79.2 Å². The maximum atomic E-state index is 13.8. The number of likely N-dealkylation sites (N-methyl/N-ethyl adjacent to an activating group) is 1. The Kier molecular flexibility index (Phi) is 5.22. The average Bonchev–Trinajstić information content (AvgIpc) is 3.08. The number of carbonyl (C=O) groups excluding carboxylic acids is 1. The monoisotopic (exact) mass is 347 g/mol. The quantitative estimate of drug-likeness (QED) is 0.846. The van der Waals surface area contributed by atoms with Crippen molar-refractivity contribution in [3.05, 3.63) is 35.9 Å². The summed E-state index contributed by atoms with van der Waals surface area (Å²) in [6.45, 7) is 5.54. The van der Waals surface area contributed by atoms with E-state index in [0.717, 1.165) is 37.4 Å². The Morgan fingerprint density at radius 3 is 2.76 bits per heavy atom. The third-order valence-corrected chi connectivity index (χ3v) is 4.37. The number of amides is 1. The normalized spacial score (nSPS) is 16.7. The van der Waals surface area contributed by atoms with Crippen LogP contribution < -0.4 is 10.2 Å². The van der Waals surface area contributed by atoms with E-state index in [1.54, 1.807) is 6.07 Å². The van der Waals surface area contributed by atoms with Crippen LogP contribution in [0.1, 0.15) is 18.5 Å². The van der Waals surface area contributed by atoms with Crippen LogP contribution in [-0.4, -0.2) is 64.2 Å². The molecule has 0 spiro atoms. The molecule has 0 bridgehead atoms. The van der Waals surface area contributed by atoms with Gasteiger partial charge in [0.2, 0.25) is 5.91 Å². The van der Waals surface area contributed by atoms with Crippen LogP contribution in [0.5, 0.6) is 0 Å². The van der Waals surface area contributed by atoms with Crippen LogP contribution in [0, 0.1) is 5.82 Å². The van der Waals surface area contributed by atoms with Gasteiger partial charge in [-0.15, -0.1) is 5.10 Å². The summed E-state index contributed by atoms with van der Waals surface area (Å²) in [4.78, 5) is 16.7. The van der Waals surface area contributed by atoms with E-state index in [2.05, 4.69) is 37.7 Å². The highest BCUT2D eigenvalue weighted by Crippen LogP contribution is 2.28. The summed E-state index contributed by atoms with van der Waals surface area (Å²) in [5, 5.41) is 13.6. The van der Waals surface area contributed by atoms with Gasteiger partial charge in [0.05, 0.1) is 6.04 Å². The molecule has 2 heterocycles. The highest BCUT2D eigenvalue weighted by molar-refractivity contribution is 5.76. The third kappa shape index (κ3) is 4.30. The van der Waals surface area contributed by atoms with Crippen molar-refractivity contribution in [2.24, 2.45) is 0 Å². The second kappa shape index (κ2) is 7.56. The van der Waals surface area contributed by atoms with Crippen molar-refractivity contribution in [1.82, 2.24) is 30.4 Å². The number of rotatable bonds is 5. The smallest absolute Gasteiger partial charge is 0.242 e. The fourth-order valence-corrected chi connectivity index (χ4v) is 2.97. The largest absolute Gasteiger partial charge is 0.369 e. The van der Waals surface area contributed by atoms with Crippen molar-refractivity contribution in [3.63, 3.8) is 0 Å². The summed E-state index contributed by atoms with van der Waals surface area (Å²) >= 11 is 0. The standard InChI is InChI=1S/C16H22FN7O/c1-12(19-16(25)10-24-11-18-20-21-24)14-9-13(17)3-4-15(14)23-7-5-22(2)6-8-23/h3-4,9,11-12H,5-8,10H2,1-2H3,(H,19,25). The van der Waals surface area contributed by atoms with Gasteiger partial charge in [0.1, 0.15) is 18.7 Å². The van der Waals surface area contributed by atoms with Crippen molar-refractivity contribution >= 4 is 11.6 Å². The molecule has 0 saturated carbocycles. The number of nitrogens with one attached hydrogen (secondary N) is 1. The lowest BCUT2D eigenvalue weighted by atomic mass is 10.0. The van der Waals surface area contributed by atoms with Crippen molar-refractivity contribution in [3.8, 4) is 0 Å². The lowest BCUT2D eigenvalue weighted by Gasteiger charge is -2.36. The molecule has 1 amide bonds. The van der Waals surface area contributed by atoms with Crippen molar-refractivity contribution < 1.29 is 9.18 Å². The summed E-state index contributed by atoms with van der Waals surface area (Å²) in [7, 11) is 2.09. The molecule has 1 aliphatic heterocycles. The Morgan fingerprint density at radius 2 is 2.08 bits per heavy atom. The van der Waals surface area contributed by atoms with Gasteiger partial charge in [-0.3, -0.25) is 4.79 Å². The van der Waals surface area contributed by atoms with Crippen LogP contribution in [0.3, 0.4) is 0 Å². The van der Waals surface area contributed by atoms with E-state index >= 15 is 0 Å². The van der Waals surface area contributed by atoms with Crippen molar-refractivity contribution in [1.29, 1.82) is 0 Å². The van der Waals surface area contributed by atoms with Gasteiger partial charge < -0.3 is 15.1 Å². The molecule has 3 rings (SSSR count). The van der Waals surface area contributed by atoms with E-state index in [1.165, 1.54) is 23.1 Å². The van der Waals surface area contributed by atoms with Crippen LogP contribution in [0.4, 0.5) is 10.1 Å². The van der Waals surface area contributed by atoms with Crippen LogP contribution in [0.2, 0.25) is 0 Å². The van der Waals surface area contributed by atoms with Gasteiger partial charge in [0, 0.05) is 37.4 Å². The fourth-order valence-electron chi connectivity index (χ4n) is 2.97. The number of carbonyl (C=O) groups is 1.